The van der Waals surface area contributed by atoms with Gasteiger partial charge in [0.1, 0.15) is 5.76 Å². The number of carbonyl (C=O) groups is 1. The monoisotopic (exact) mass is 348 g/mol. The van der Waals surface area contributed by atoms with Crippen LogP contribution >= 0.6 is 0 Å². The summed E-state index contributed by atoms with van der Waals surface area (Å²) in [6.45, 7) is 10.9. The number of nitrogens with one attached hydrogen (secondary N) is 1. The molecule has 140 valence electrons. The van der Waals surface area contributed by atoms with Crippen molar-refractivity contribution in [1.29, 1.82) is 0 Å². The molecule has 0 saturated carbocycles. The van der Waals surface area contributed by atoms with Crippen molar-refractivity contribution in [3.05, 3.63) is 17.0 Å². The van der Waals surface area contributed by atoms with E-state index >= 15 is 0 Å². The van der Waals surface area contributed by atoms with Gasteiger partial charge in [0.15, 0.2) is 0 Å². The number of hydrogen-bond donors (Lipinski definition) is 1. The minimum Gasteiger partial charge on any atom is -0.361 e. The molecule has 6 heteroatoms. The highest BCUT2D eigenvalue weighted by molar-refractivity contribution is 5.82. The molecule has 1 N–H and O–H groups in total. The maximum Gasteiger partial charge on any atom is 0.237 e. The molecule has 0 radical (unpaired) electrons. The summed E-state index contributed by atoms with van der Waals surface area (Å²) >= 11 is 0. The van der Waals surface area contributed by atoms with Gasteiger partial charge in [-0.1, -0.05) is 12.1 Å². The van der Waals surface area contributed by atoms with E-state index in [9.17, 15) is 4.79 Å². The van der Waals surface area contributed by atoms with Crippen molar-refractivity contribution in [1.82, 2.24) is 20.3 Å². The van der Waals surface area contributed by atoms with Crippen molar-refractivity contribution in [2.75, 3.05) is 33.2 Å². The standard InChI is InChI=1S/C19H32N4O2/c1-5-8-23-13-19(6-9-22(4)10-7-19)11-17(23)18(24)20-12-16-14(2)21-25-15(16)3/h17H,5-13H2,1-4H3,(H,20,24). The van der Waals surface area contributed by atoms with E-state index in [2.05, 4.69) is 34.2 Å². The SMILES string of the molecule is CCCN1CC2(CCN(C)CC2)CC1C(=O)NCc1c(C)noc1C. The largest absolute Gasteiger partial charge is 0.361 e. The van der Waals surface area contributed by atoms with Crippen LogP contribution in [0.2, 0.25) is 0 Å². The van der Waals surface area contributed by atoms with Crippen LogP contribution in [-0.4, -0.2) is 60.1 Å². The number of nitrogens with zero attached hydrogens (tertiary/aromatic N) is 3. The van der Waals surface area contributed by atoms with Crippen molar-refractivity contribution >= 4 is 5.91 Å². The Labute approximate surface area is 150 Å². The Morgan fingerprint density at radius 3 is 2.68 bits per heavy atom. The number of aryl methyl sites for hydroxylation is 2. The van der Waals surface area contributed by atoms with Crippen LogP contribution in [-0.2, 0) is 11.3 Å². The maximum atomic E-state index is 12.9. The van der Waals surface area contributed by atoms with Crippen LogP contribution in [0.25, 0.3) is 0 Å². The molecule has 0 aromatic carbocycles. The molecular weight excluding hydrogens is 316 g/mol. The molecule has 6 nitrogen and oxygen atoms in total. The second-order valence-electron chi connectivity index (χ2n) is 8.01. The smallest absolute Gasteiger partial charge is 0.237 e. The van der Waals surface area contributed by atoms with Gasteiger partial charge in [-0.05, 0) is 71.6 Å². The molecule has 2 fully saturated rings. The van der Waals surface area contributed by atoms with Gasteiger partial charge in [-0.25, -0.2) is 0 Å². The molecule has 0 aliphatic carbocycles. The fraction of sp³-hybridized carbons (Fsp3) is 0.789. The second-order valence-corrected chi connectivity index (χ2v) is 8.01. The Morgan fingerprint density at radius 1 is 1.36 bits per heavy atom. The highest BCUT2D eigenvalue weighted by Crippen LogP contribution is 2.43. The normalized spacial score (nSPS) is 24.1. The summed E-state index contributed by atoms with van der Waals surface area (Å²) in [5.41, 5.74) is 2.19. The summed E-state index contributed by atoms with van der Waals surface area (Å²) < 4.78 is 5.20. The Morgan fingerprint density at radius 2 is 2.08 bits per heavy atom. The quantitative estimate of drug-likeness (QED) is 0.883. The van der Waals surface area contributed by atoms with Gasteiger partial charge >= 0.3 is 0 Å². The number of carbonyl (C=O) groups excluding carboxylic acids is 1. The lowest BCUT2D eigenvalue weighted by atomic mass is 9.76. The fourth-order valence-corrected chi connectivity index (χ4v) is 4.43. The highest BCUT2D eigenvalue weighted by Gasteiger charge is 2.47. The van der Waals surface area contributed by atoms with Crippen molar-refractivity contribution < 1.29 is 9.32 Å². The predicted octanol–water partition coefficient (Wildman–Crippen LogP) is 2.10. The number of amides is 1. The Kier molecular flexibility index (Phi) is 5.49. The summed E-state index contributed by atoms with van der Waals surface area (Å²) in [6, 6.07) is 0.00354. The maximum absolute atomic E-state index is 12.9. The van der Waals surface area contributed by atoms with Crippen LogP contribution in [0, 0.1) is 19.3 Å². The molecular formula is C19H32N4O2. The predicted molar refractivity (Wildman–Crippen MR) is 97.3 cm³/mol. The fourth-order valence-electron chi connectivity index (χ4n) is 4.43. The minimum atomic E-state index is 0.00354. The highest BCUT2D eigenvalue weighted by atomic mass is 16.5. The van der Waals surface area contributed by atoms with Crippen LogP contribution in [0.4, 0.5) is 0 Å². The van der Waals surface area contributed by atoms with Gasteiger partial charge < -0.3 is 14.7 Å². The first-order valence-electron chi connectivity index (χ1n) is 9.56. The third-order valence-corrected chi connectivity index (χ3v) is 6.09. The van der Waals surface area contributed by atoms with Crippen LogP contribution in [0.5, 0.6) is 0 Å². The lowest BCUT2D eigenvalue weighted by Crippen LogP contribution is -2.43. The summed E-state index contributed by atoms with van der Waals surface area (Å²) in [4.78, 5) is 17.7. The summed E-state index contributed by atoms with van der Waals surface area (Å²) in [6.07, 6.45) is 4.49. The van der Waals surface area contributed by atoms with Crippen molar-refractivity contribution in [2.45, 2.75) is 59.0 Å². The Balaban J connectivity index is 1.65. The molecule has 0 bridgehead atoms. The van der Waals surface area contributed by atoms with Crippen LogP contribution in [0.1, 0.15) is 49.6 Å². The molecule has 3 heterocycles. The third kappa shape index (κ3) is 3.90. The van der Waals surface area contributed by atoms with E-state index in [4.69, 9.17) is 4.52 Å². The van der Waals surface area contributed by atoms with Gasteiger partial charge in [0.2, 0.25) is 5.91 Å². The zero-order valence-corrected chi connectivity index (χ0v) is 16.1. The first-order valence-corrected chi connectivity index (χ1v) is 9.56. The molecule has 3 rings (SSSR count). The molecule has 1 amide bonds. The molecule has 1 aromatic heterocycles. The van der Waals surface area contributed by atoms with E-state index in [0.717, 1.165) is 56.0 Å². The number of likely N-dealkylation sites (tertiary alicyclic amines) is 2. The number of piperidine rings is 1. The number of aromatic nitrogens is 1. The van der Waals surface area contributed by atoms with E-state index in [0.29, 0.717) is 12.0 Å². The van der Waals surface area contributed by atoms with Gasteiger partial charge in [0, 0.05) is 18.7 Å². The van der Waals surface area contributed by atoms with Crippen LogP contribution in [0.3, 0.4) is 0 Å². The first kappa shape index (κ1) is 18.4. The van der Waals surface area contributed by atoms with Crippen LogP contribution < -0.4 is 5.32 Å². The van der Waals surface area contributed by atoms with Gasteiger partial charge in [0.05, 0.1) is 11.7 Å². The topological polar surface area (TPSA) is 61.6 Å². The lowest BCUT2D eigenvalue weighted by Gasteiger charge is -2.37. The molecule has 1 atom stereocenters. The molecule has 25 heavy (non-hydrogen) atoms. The van der Waals surface area contributed by atoms with Crippen LogP contribution in [0.15, 0.2) is 4.52 Å². The van der Waals surface area contributed by atoms with E-state index in [1.165, 1.54) is 12.8 Å². The van der Waals surface area contributed by atoms with Gasteiger partial charge in [-0.15, -0.1) is 0 Å². The first-order chi connectivity index (χ1) is 11.9. The van der Waals surface area contributed by atoms with Crippen molar-refractivity contribution in [3.8, 4) is 0 Å². The van der Waals surface area contributed by atoms with Crippen molar-refractivity contribution in [2.24, 2.45) is 5.41 Å². The second kappa shape index (κ2) is 7.46. The van der Waals surface area contributed by atoms with E-state index in [1.54, 1.807) is 0 Å². The van der Waals surface area contributed by atoms with E-state index in [1.807, 2.05) is 13.8 Å². The molecule has 1 spiro atoms. The van der Waals surface area contributed by atoms with E-state index in [-0.39, 0.29) is 11.9 Å². The summed E-state index contributed by atoms with van der Waals surface area (Å²) in [5, 5.41) is 7.11. The van der Waals surface area contributed by atoms with Crippen molar-refractivity contribution in [3.63, 3.8) is 0 Å². The summed E-state index contributed by atoms with van der Waals surface area (Å²) in [5.74, 6) is 0.950. The summed E-state index contributed by atoms with van der Waals surface area (Å²) in [7, 11) is 2.19. The molecule has 1 aromatic rings. The van der Waals surface area contributed by atoms with Gasteiger partial charge in [0.25, 0.3) is 0 Å². The molecule has 2 aliphatic rings. The number of hydrogen-bond acceptors (Lipinski definition) is 5. The zero-order valence-electron chi connectivity index (χ0n) is 16.1. The number of rotatable bonds is 5. The third-order valence-electron chi connectivity index (χ3n) is 6.09. The molecule has 1 unspecified atom stereocenters. The molecule has 2 aliphatic heterocycles. The average molecular weight is 348 g/mol. The lowest BCUT2D eigenvalue weighted by molar-refractivity contribution is -0.125. The van der Waals surface area contributed by atoms with Gasteiger partial charge in [-0.2, -0.15) is 0 Å². The zero-order chi connectivity index (χ0) is 18.0. The molecule has 2 saturated heterocycles. The Bertz CT molecular complexity index is 585. The average Bonchev–Trinajstić information content (AvgIpc) is 3.10. The Hall–Kier alpha value is -1.40. The minimum absolute atomic E-state index is 0.00354. The van der Waals surface area contributed by atoms with Gasteiger partial charge in [-0.3, -0.25) is 9.69 Å². The van der Waals surface area contributed by atoms with E-state index < -0.39 is 0 Å².